The van der Waals surface area contributed by atoms with E-state index in [-0.39, 0.29) is 31.1 Å². The van der Waals surface area contributed by atoms with Gasteiger partial charge in [0.25, 0.3) is 0 Å². The number of carbonyl (C=O) groups is 3. The van der Waals surface area contributed by atoms with Crippen LogP contribution in [0.3, 0.4) is 0 Å². The van der Waals surface area contributed by atoms with Gasteiger partial charge in [-0.2, -0.15) is 0 Å². The van der Waals surface area contributed by atoms with Gasteiger partial charge in [0.15, 0.2) is 6.10 Å². The van der Waals surface area contributed by atoms with Crippen molar-refractivity contribution >= 4 is 17.9 Å². The van der Waals surface area contributed by atoms with E-state index in [0.717, 1.165) is 96.3 Å². The zero-order chi connectivity index (χ0) is 44.4. The Balaban J connectivity index is 4.42. The molecule has 0 aliphatic rings. The minimum atomic E-state index is -0.786. The Morgan fingerprint density at radius 3 is 1.00 bits per heavy atom. The van der Waals surface area contributed by atoms with Crippen LogP contribution in [-0.4, -0.2) is 37.2 Å². The molecule has 0 amide bonds. The van der Waals surface area contributed by atoms with Crippen LogP contribution in [0.25, 0.3) is 0 Å². The third kappa shape index (κ3) is 48.0. The molecule has 0 radical (unpaired) electrons. The van der Waals surface area contributed by atoms with Gasteiger partial charge in [0.05, 0.1) is 0 Å². The van der Waals surface area contributed by atoms with Crippen molar-refractivity contribution in [1.82, 2.24) is 0 Å². The van der Waals surface area contributed by atoms with Crippen molar-refractivity contribution in [3.63, 3.8) is 0 Å². The Kier molecular flexibility index (Phi) is 47.4. The quantitative estimate of drug-likeness (QED) is 0.0263. The number of unbranched alkanes of at least 4 members (excludes halogenated alkanes) is 25. The Morgan fingerprint density at radius 1 is 0.344 bits per heavy atom. The topological polar surface area (TPSA) is 78.9 Å². The minimum absolute atomic E-state index is 0.0845. The van der Waals surface area contributed by atoms with Gasteiger partial charge in [-0.15, -0.1) is 0 Å². The number of esters is 3. The normalized spacial score (nSPS) is 12.1. The second kappa shape index (κ2) is 49.8. The number of carbonyl (C=O) groups excluding carboxylic acids is 3. The van der Waals surface area contributed by atoms with Crippen molar-refractivity contribution in [2.75, 3.05) is 13.2 Å². The van der Waals surface area contributed by atoms with Gasteiger partial charge < -0.3 is 14.2 Å². The van der Waals surface area contributed by atoms with Crippen molar-refractivity contribution in [1.29, 1.82) is 0 Å². The summed E-state index contributed by atoms with van der Waals surface area (Å²) >= 11 is 0. The van der Waals surface area contributed by atoms with Crippen molar-refractivity contribution in [2.24, 2.45) is 0 Å². The van der Waals surface area contributed by atoms with Gasteiger partial charge in [-0.1, -0.05) is 229 Å². The van der Waals surface area contributed by atoms with Crippen LogP contribution in [0.2, 0.25) is 0 Å². The summed E-state index contributed by atoms with van der Waals surface area (Å²) in [6.07, 6.45) is 60.6. The Labute approximate surface area is 377 Å². The largest absolute Gasteiger partial charge is 0.462 e. The molecule has 0 N–H and O–H groups in total. The van der Waals surface area contributed by atoms with E-state index in [1.807, 2.05) is 0 Å². The summed E-state index contributed by atoms with van der Waals surface area (Å²) in [5.41, 5.74) is 0. The first kappa shape index (κ1) is 58.1. The predicted octanol–water partition coefficient (Wildman–Crippen LogP) is 16.9. The highest BCUT2D eigenvalue weighted by Crippen LogP contribution is 2.15. The molecule has 6 nitrogen and oxygen atoms in total. The number of hydrogen-bond donors (Lipinski definition) is 0. The number of ether oxygens (including phenoxy) is 3. The van der Waals surface area contributed by atoms with E-state index in [4.69, 9.17) is 14.2 Å². The molecule has 0 aromatic rings. The number of rotatable bonds is 46. The summed E-state index contributed by atoms with van der Waals surface area (Å²) in [5.74, 6) is -0.911. The molecule has 0 saturated carbocycles. The molecule has 0 atom stereocenters. The van der Waals surface area contributed by atoms with Crippen molar-refractivity contribution < 1.29 is 28.6 Å². The van der Waals surface area contributed by atoms with E-state index in [1.54, 1.807) is 0 Å². The summed E-state index contributed by atoms with van der Waals surface area (Å²) in [6, 6.07) is 0. The van der Waals surface area contributed by atoms with E-state index in [2.05, 4.69) is 81.5 Å². The van der Waals surface area contributed by atoms with E-state index < -0.39 is 6.10 Å². The fourth-order valence-electron chi connectivity index (χ4n) is 7.17. The average Bonchev–Trinajstić information content (AvgIpc) is 3.26. The predicted molar refractivity (Wildman–Crippen MR) is 261 cm³/mol. The first-order valence-electron chi connectivity index (χ1n) is 25.8. The standard InChI is InChI=1S/C55H96O6/c1-4-7-10-13-16-19-22-25-26-27-28-29-30-31-34-37-40-43-46-49-55(58)61-52(50-59-53(56)47-44-41-38-35-32-23-20-17-14-11-8-5-2)51-60-54(57)48-45-42-39-36-33-24-21-18-15-12-9-6-3/h7,10,16,19,25-26,28-29,31,34,52H,4-6,8-9,11-15,17-18,20-24,27,30,32-33,35-51H2,1-3H3/b10-7-,19-16-,26-25-,29-28-,34-31-. The van der Waals surface area contributed by atoms with Crippen LogP contribution < -0.4 is 0 Å². The summed E-state index contributed by atoms with van der Waals surface area (Å²) in [7, 11) is 0. The van der Waals surface area contributed by atoms with E-state index >= 15 is 0 Å². The summed E-state index contributed by atoms with van der Waals surface area (Å²) in [4.78, 5) is 37.9. The van der Waals surface area contributed by atoms with Crippen LogP contribution in [-0.2, 0) is 28.6 Å². The van der Waals surface area contributed by atoms with Gasteiger partial charge in [-0.3, -0.25) is 14.4 Å². The third-order valence-corrected chi connectivity index (χ3v) is 11.0. The minimum Gasteiger partial charge on any atom is -0.462 e. The zero-order valence-electron chi connectivity index (χ0n) is 40.2. The van der Waals surface area contributed by atoms with Gasteiger partial charge in [0.1, 0.15) is 13.2 Å². The van der Waals surface area contributed by atoms with E-state index in [9.17, 15) is 14.4 Å². The molecule has 0 aromatic heterocycles. The SMILES string of the molecule is CC/C=C\C/C=C\C/C=C\C/C=C\C/C=C\CCCCCC(=O)OC(COC(=O)CCCCCCCCCCCCCC)COC(=O)CCCCCCCCCCCCCC. The lowest BCUT2D eigenvalue weighted by Crippen LogP contribution is -2.30. The monoisotopic (exact) mass is 853 g/mol. The maximum Gasteiger partial charge on any atom is 0.306 e. The molecule has 0 aromatic carbocycles. The van der Waals surface area contributed by atoms with E-state index in [1.165, 1.54) is 116 Å². The van der Waals surface area contributed by atoms with Crippen LogP contribution in [0, 0.1) is 0 Å². The first-order valence-corrected chi connectivity index (χ1v) is 25.8. The molecule has 352 valence electrons. The fourth-order valence-corrected chi connectivity index (χ4v) is 7.17. The molecule has 6 heteroatoms. The molecular weight excluding hydrogens is 757 g/mol. The summed E-state index contributed by atoms with van der Waals surface area (Å²) in [6.45, 7) is 6.50. The molecular formula is C55H96O6. The molecule has 0 saturated heterocycles. The highest BCUT2D eigenvalue weighted by Gasteiger charge is 2.19. The second-order valence-corrected chi connectivity index (χ2v) is 17.1. The van der Waals surface area contributed by atoms with Crippen molar-refractivity contribution in [3.8, 4) is 0 Å². The molecule has 0 heterocycles. The second-order valence-electron chi connectivity index (χ2n) is 17.1. The summed E-state index contributed by atoms with van der Waals surface area (Å²) < 4.78 is 16.8. The van der Waals surface area contributed by atoms with Crippen LogP contribution in [0.5, 0.6) is 0 Å². The van der Waals surface area contributed by atoms with Crippen molar-refractivity contribution in [2.45, 2.75) is 258 Å². The van der Waals surface area contributed by atoms with Gasteiger partial charge in [0, 0.05) is 19.3 Å². The lowest BCUT2D eigenvalue weighted by molar-refractivity contribution is -0.167. The van der Waals surface area contributed by atoms with Crippen LogP contribution in [0.1, 0.15) is 252 Å². The number of hydrogen-bond acceptors (Lipinski definition) is 6. The molecule has 0 aliphatic carbocycles. The smallest absolute Gasteiger partial charge is 0.306 e. The molecule has 0 rings (SSSR count). The molecule has 0 spiro atoms. The molecule has 61 heavy (non-hydrogen) atoms. The maximum absolute atomic E-state index is 12.8. The van der Waals surface area contributed by atoms with Crippen LogP contribution in [0.4, 0.5) is 0 Å². The Bertz CT molecular complexity index is 1070. The maximum atomic E-state index is 12.8. The highest BCUT2D eigenvalue weighted by molar-refractivity contribution is 5.71. The Morgan fingerprint density at radius 2 is 0.639 bits per heavy atom. The van der Waals surface area contributed by atoms with Crippen LogP contribution >= 0.6 is 0 Å². The molecule has 0 unspecified atom stereocenters. The van der Waals surface area contributed by atoms with Crippen molar-refractivity contribution in [3.05, 3.63) is 60.8 Å². The highest BCUT2D eigenvalue weighted by atomic mass is 16.6. The third-order valence-electron chi connectivity index (χ3n) is 11.0. The molecule has 0 fully saturated rings. The van der Waals surface area contributed by atoms with Gasteiger partial charge in [-0.25, -0.2) is 0 Å². The molecule has 0 bridgehead atoms. The van der Waals surface area contributed by atoms with Gasteiger partial charge in [0.2, 0.25) is 0 Å². The summed E-state index contributed by atoms with van der Waals surface area (Å²) in [5, 5.41) is 0. The van der Waals surface area contributed by atoms with Gasteiger partial charge >= 0.3 is 17.9 Å². The lowest BCUT2D eigenvalue weighted by atomic mass is 10.0. The zero-order valence-corrected chi connectivity index (χ0v) is 40.2. The lowest BCUT2D eigenvalue weighted by Gasteiger charge is -2.18. The van der Waals surface area contributed by atoms with E-state index in [0.29, 0.717) is 19.3 Å². The molecule has 0 aliphatic heterocycles. The first-order chi connectivity index (χ1) is 30.0. The fraction of sp³-hybridized carbons (Fsp3) is 0.764. The Hall–Kier alpha value is -2.89. The average molecular weight is 853 g/mol. The number of allylic oxidation sites excluding steroid dienone is 10. The van der Waals surface area contributed by atoms with Gasteiger partial charge in [-0.05, 0) is 64.2 Å². The van der Waals surface area contributed by atoms with Crippen LogP contribution in [0.15, 0.2) is 60.8 Å².